The van der Waals surface area contributed by atoms with E-state index in [1.807, 2.05) is 30.3 Å². The smallest absolute Gasteiger partial charge is 0.255 e. The van der Waals surface area contributed by atoms with Crippen LogP contribution in [0.3, 0.4) is 0 Å². The molecule has 2 saturated heterocycles. The molecule has 0 aliphatic carbocycles. The lowest BCUT2D eigenvalue weighted by Gasteiger charge is -2.19. The molecule has 32 heavy (non-hydrogen) atoms. The van der Waals surface area contributed by atoms with Crippen LogP contribution in [0.1, 0.15) is 64.8 Å². The summed E-state index contributed by atoms with van der Waals surface area (Å²) >= 11 is 0. The van der Waals surface area contributed by atoms with Gasteiger partial charge in [-0.1, -0.05) is 37.1 Å². The highest BCUT2D eigenvalue weighted by Crippen LogP contribution is 2.18. The van der Waals surface area contributed by atoms with E-state index in [9.17, 15) is 9.59 Å². The van der Waals surface area contributed by atoms with E-state index < -0.39 is 0 Å². The zero-order valence-corrected chi connectivity index (χ0v) is 18.6. The monoisotopic (exact) mass is 435 g/mol. The Morgan fingerprint density at radius 3 is 2.38 bits per heavy atom. The predicted molar refractivity (Wildman–Crippen MR) is 126 cm³/mol. The molecule has 0 aromatic heterocycles. The zero-order valence-electron chi connectivity index (χ0n) is 18.6. The van der Waals surface area contributed by atoms with Crippen LogP contribution in [0.15, 0.2) is 48.5 Å². The molecule has 2 amide bonds. The van der Waals surface area contributed by atoms with E-state index in [2.05, 4.69) is 15.5 Å². The van der Waals surface area contributed by atoms with Crippen molar-refractivity contribution in [1.29, 1.82) is 0 Å². The van der Waals surface area contributed by atoms with Gasteiger partial charge in [0.05, 0.1) is 17.4 Å². The number of benzene rings is 2. The van der Waals surface area contributed by atoms with E-state index in [1.54, 1.807) is 18.2 Å². The molecular weight excluding hydrogens is 402 g/mol. The number of carbonyl (C=O) groups is 2. The van der Waals surface area contributed by atoms with Gasteiger partial charge in [0, 0.05) is 25.3 Å². The summed E-state index contributed by atoms with van der Waals surface area (Å²) in [5.41, 5.74) is 2.77. The quantitative estimate of drug-likeness (QED) is 0.683. The summed E-state index contributed by atoms with van der Waals surface area (Å²) in [6.07, 6.45) is 7.25. The molecule has 4 rings (SSSR count). The Bertz CT molecular complexity index is 899. The Morgan fingerprint density at radius 1 is 0.906 bits per heavy atom. The van der Waals surface area contributed by atoms with Gasteiger partial charge < -0.3 is 15.4 Å². The van der Waals surface area contributed by atoms with Crippen molar-refractivity contribution in [1.82, 2.24) is 10.2 Å². The fourth-order valence-corrected chi connectivity index (χ4v) is 4.41. The molecule has 2 aromatic rings. The molecule has 2 aliphatic heterocycles. The van der Waals surface area contributed by atoms with Crippen molar-refractivity contribution in [2.24, 2.45) is 0 Å². The molecule has 2 heterocycles. The first kappa shape index (κ1) is 22.5. The molecular formula is C26H33N3O3. The summed E-state index contributed by atoms with van der Waals surface area (Å²) in [5, 5.41) is 5.83. The van der Waals surface area contributed by atoms with E-state index in [0.717, 1.165) is 39.1 Å². The van der Waals surface area contributed by atoms with Crippen LogP contribution in [0.2, 0.25) is 0 Å². The molecule has 2 N–H and O–H groups in total. The van der Waals surface area contributed by atoms with Crippen molar-refractivity contribution in [3.8, 4) is 0 Å². The van der Waals surface area contributed by atoms with Crippen LogP contribution >= 0.6 is 0 Å². The first-order chi connectivity index (χ1) is 15.7. The third-order valence-electron chi connectivity index (χ3n) is 6.26. The number of amides is 2. The number of rotatable bonds is 7. The van der Waals surface area contributed by atoms with Crippen LogP contribution in [0.5, 0.6) is 0 Å². The Balaban J connectivity index is 1.35. The third kappa shape index (κ3) is 6.17. The number of nitrogens with one attached hydrogen (secondary N) is 2. The summed E-state index contributed by atoms with van der Waals surface area (Å²) in [6.45, 7) is 4.46. The summed E-state index contributed by atoms with van der Waals surface area (Å²) < 4.78 is 5.57. The first-order valence-corrected chi connectivity index (χ1v) is 11.8. The average Bonchev–Trinajstić information content (AvgIpc) is 3.21. The second kappa shape index (κ2) is 11.2. The van der Waals surface area contributed by atoms with Gasteiger partial charge in [-0.3, -0.25) is 14.5 Å². The Labute approximate surface area is 190 Å². The zero-order chi connectivity index (χ0) is 22.2. The van der Waals surface area contributed by atoms with Gasteiger partial charge in [0.25, 0.3) is 11.8 Å². The van der Waals surface area contributed by atoms with Crippen molar-refractivity contribution in [2.75, 3.05) is 31.6 Å². The van der Waals surface area contributed by atoms with Crippen molar-refractivity contribution in [3.63, 3.8) is 0 Å². The average molecular weight is 436 g/mol. The molecule has 0 radical (unpaired) electrons. The van der Waals surface area contributed by atoms with Gasteiger partial charge in [0.15, 0.2) is 0 Å². The van der Waals surface area contributed by atoms with Crippen LogP contribution in [-0.4, -0.2) is 49.1 Å². The van der Waals surface area contributed by atoms with Crippen molar-refractivity contribution in [2.45, 2.75) is 51.2 Å². The van der Waals surface area contributed by atoms with Crippen LogP contribution in [0, 0.1) is 0 Å². The number of ether oxygens (including phenoxy) is 1. The van der Waals surface area contributed by atoms with Gasteiger partial charge >= 0.3 is 0 Å². The topological polar surface area (TPSA) is 70.7 Å². The highest BCUT2D eigenvalue weighted by Gasteiger charge is 2.19. The Morgan fingerprint density at radius 2 is 1.66 bits per heavy atom. The summed E-state index contributed by atoms with van der Waals surface area (Å²) in [7, 11) is 0. The van der Waals surface area contributed by atoms with Gasteiger partial charge in [-0.25, -0.2) is 0 Å². The number of anilines is 1. The molecule has 1 atom stereocenters. The summed E-state index contributed by atoms with van der Waals surface area (Å²) in [5.74, 6) is -0.421. The van der Waals surface area contributed by atoms with Gasteiger partial charge in [0.1, 0.15) is 0 Å². The van der Waals surface area contributed by atoms with Gasteiger partial charge in [-0.2, -0.15) is 0 Å². The maximum absolute atomic E-state index is 12.8. The SMILES string of the molecule is O=C(Nc1ccccc1C(=O)NC[C@@H]1CCCO1)c1ccc(CN2CCCCCC2)cc1. The third-order valence-corrected chi connectivity index (χ3v) is 6.26. The number of para-hydroxylation sites is 1. The highest BCUT2D eigenvalue weighted by atomic mass is 16.5. The highest BCUT2D eigenvalue weighted by molar-refractivity contribution is 6.09. The lowest BCUT2D eigenvalue weighted by Crippen LogP contribution is -2.32. The Kier molecular flexibility index (Phi) is 7.91. The normalized spacial score (nSPS) is 19.3. The maximum atomic E-state index is 12.8. The van der Waals surface area contributed by atoms with Crippen molar-refractivity contribution >= 4 is 17.5 Å². The maximum Gasteiger partial charge on any atom is 0.255 e. The van der Waals surface area contributed by atoms with Crippen molar-refractivity contribution < 1.29 is 14.3 Å². The van der Waals surface area contributed by atoms with E-state index in [1.165, 1.54) is 31.2 Å². The van der Waals surface area contributed by atoms with Gasteiger partial charge in [-0.15, -0.1) is 0 Å². The first-order valence-electron chi connectivity index (χ1n) is 11.8. The van der Waals surface area contributed by atoms with Crippen LogP contribution in [-0.2, 0) is 11.3 Å². The number of hydrogen-bond acceptors (Lipinski definition) is 4. The van der Waals surface area contributed by atoms with Crippen LogP contribution in [0.4, 0.5) is 5.69 Å². The second-order valence-corrected chi connectivity index (χ2v) is 8.73. The summed E-state index contributed by atoms with van der Waals surface area (Å²) in [4.78, 5) is 28.0. The standard InChI is InChI=1S/C26H33N3O3/c30-25(21-13-11-20(12-14-21)19-29-15-5-1-2-6-16-29)28-24-10-4-3-9-23(24)26(31)27-18-22-8-7-17-32-22/h3-4,9-14,22H,1-2,5-8,15-19H2,(H,27,31)(H,28,30)/t22-/m0/s1. The lowest BCUT2D eigenvalue weighted by atomic mass is 10.1. The molecule has 6 heteroatoms. The van der Waals surface area contributed by atoms with Crippen LogP contribution < -0.4 is 10.6 Å². The van der Waals surface area contributed by atoms with Crippen LogP contribution in [0.25, 0.3) is 0 Å². The molecule has 0 saturated carbocycles. The minimum Gasteiger partial charge on any atom is -0.376 e. The molecule has 6 nitrogen and oxygen atoms in total. The summed E-state index contributed by atoms with van der Waals surface area (Å²) in [6, 6.07) is 14.9. The molecule has 0 spiro atoms. The van der Waals surface area contributed by atoms with E-state index in [4.69, 9.17) is 4.74 Å². The number of hydrogen-bond donors (Lipinski definition) is 2. The molecule has 0 unspecified atom stereocenters. The minimum atomic E-state index is -0.217. The fraction of sp³-hybridized carbons (Fsp3) is 0.462. The molecule has 170 valence electrons. The van der Waals surface area contributed by atoms with Gasteiger partial charge in [0.2, 0.25) is 0 Å². The Hall–Kier alpha value is -2.70. The van der Waals surface area contributed by atoms with E-state index in [-0.39, 0.29) is 17.9 Å². The predicted octanol–water partition coefficient (Wildman–Crippen LogP) is 4.22. The molecule has 0 bridgehead atoms. The van der Waals surface area contributed by atoms with E-state index >= 15 is 0 Å². The van der Waals surface area contributed by atoms with Gasteiger partial charge in [-0.05, 0) is 68.6 Å². The van der Waals surface area contributed by atoms with E-state index in [0.29, 0.717) is 23.4 Å². The molecule has 2 aromatic carbocycles. The fourth-order valence-electron chi connectivity index (χ4n) is 4.41. The molecule has 2 aliphatic rings. The molecule has 2 fully saturated rings. The lowest BCUT2D eigenvalue weighted by molar-refractivity contribution is 0.0858. The number of nitrogens with zero attached hydrogens (tertiary/aromatic N) is 1. The van der Waals surface area contributed by atoms with Crippen molar-refractivity contribution in [3.05, 3.63) is 65.2 Å². The number of likely N-dealkylation sites (tertiary alicyclic amines) is 1. The largest absolute Gasteiger partial charge is 0.376 e. The second-order valence-electron chi connectivity index (χ2n) is 8.73. The number of carbonyl (C=O) groups excluding carboxylic acids is 2. The minimum absolute atomic E-state index is 0.0773.